The van der Waals surface area contributed by atoms with Crippen molar-refractivity contribution >= 4 is 23.0 Å². The fourth-order valence-electron chi connectivity index (χ4n) is 1.07. The van der Waals surface area contributed by atoms with E-state index in [0.29, 0.717) is 11.3 Å². The number of hydrogen-bond donors (Lipinski definition) is 1. The summed E-state index contributed by atoms with van der Waals surface area (Å²) >= 11 is 1.36. The number of primary amides is 1. The Kier molecular flexibility index (Phi) is 3.41. The highest BCUT2D eigenvalue weighted by Gasteiger charge is 2.11. The Morgan fingerprint density at radius 3 is 2.57 bits per heavy atom. The van der Waals surface area contributed by atoms with E-state index in [2.05, 4.69) is 0 Å². The molecule has 0 aliphatic carbocycles. The molecule has 0 aliphatic rings. The van der Waals surface area contributed by atoms with Crippen molar-refractivity contribution in [3.8, 4) is 0 Å². The fourth-order valence-corrected chi connectivity index (χ4v) is 2.05. The summed E-state index contributed by atoms with van der Waals surface area (Å²) < 4.78 is 0. The Labute approximate surface area is 86.9 Å². The lowest BCUT2D eigenvalue weighted by atomic mass is 10.0. The van der Waals surface area contributed by atoms with Crippen molar-refractivity contribution in [3.05, 3.63) is 21.9 Å². The van der Waals surface area contributed by atoms with Crippen LogP contribution in [0.1, 0.15) is 28.4 Å². The molecule has 1 unspecified atom stereocenters. The first-order valence-electron chi connectivity index (χ1n) is 4.39. The molecule has 1 rings (SSSR count). The van der Waals surface area contributed by atoms with Gasteiger partial charge in [-0.1, -0.05) is 6.92 Å². The van der Waals surface area contributed by atoms with Crippen LogP contribution in [0.5, 0.6) is 0 Å². The third-order valence-electron chi connectivity index (χ3n) is 2.11. The third-order valence-corrected chi connectivity index (χ3v) is 3.23. The van der Waals surface area contributed by atoms with Gasteiger partial charge in [0.25, 0.3) is 5.91 Å². The van der Waals surface area contributed by atoms with E-state index in [9.17, 15) is 9.59 Å². The number of ketones is 1. The lowest BCUT2D eigenvalue weighted by molar-refractivity contribution is -0.120. The Morgan fingerprint density at radius 2 is 2.14 bits per heavy atom. The molecule has 0 saturated carbocycles. The van der Waals surface area contributed by atoms with Crippen LogP contribution in [-0.4, -0.2) is 11.7 Å². The number of rotatable bonds is 4. The highest BCUT2D eigenvalue weighted by Crippen LogP contribution is 2.19. The molecule has 2 N–H and O–H groups in total. The first-order chi connectivity index (χ1) is 6.50. The molecule has 14 heavy (non-hydrogen) atoms. The summed E-state index contributed by atoms with van der Waals surface area (Å²) in [4.78, 5) is 23.4. The van der Waals surface area contributed by atoms with Crippen molar-refractivity contribution < 1.29 is 9.59 Å². The minimum absolute atomic E-state index is 0.00868. The van der Waals surface area contributed by atoms with Gasteiger partial charge < -0.3 is 5.73 Å². The number of amides is 1. The van der Waals surface area contributed by atoms with E-state index in [1.807, 2.05) is 13.0 Å². The Hall–Kier alpha value is -1.16. The lowest BCUT2D eigenvalue weighted by Gasteiger charge is -2.03. The molecule has 4 heteroatoms. The van der Waals surface area contributed by atoms with Crippen LogP contribution < -0.4 is 5.73 Å². The summed E-state index contributed by atoms with van der Waals surface area (Å²) in [7, 11) is 0. The van der Waals surface area contributed by atoms with E-state index in [1.165, 1.54) is 11.3 Å². The smallest absolute Gasteiger partial charge is 0.258 e. The van der Waals surface area contributed by atoms with Gasteiger partial charge in [-0.3, -0.25) is 9.59 Å². The van der Waals surface area contributed by atoms with E-state index < -0.39 is 5.91 Å². The molecule has 76 valence electrons. The van der Waals surface area contributed by atoms with Crippen molar-refractivity contribution in [1.82, 2.24) is 0 Å². The number of Topliss-reactive ketones (excluding diaryl/α,β-unsaturated/α-hetero) is 1. The zero-order valence-corrected chi connectivity index (χ0v) is 9.06. The van der Waals surface area contributed by atoms with Crippen LogP contribution in [0.15, 0.2) is 12.1 Å². The van der Waals surface area contributed by atoms with Crippen LogP contribution in [0.3, 0.4) is 0 Å². The van der Waals surface area contributed by atoms with Crippen molar-refractivity contribution in [2.45, 2.75) is 20.3 Å². The van der Waals surface area contributed by atoms with Gasteiger partial charge in [0.15, 0.2) is 0 Å². The third kappa shape index (κ3) is 2.67. The largest absolute Gasteiger partial charge is 0.365 e. The van der Waals surface area contributed by atoms with E-state index in [0.717, 1.165) is 4.88 Å². The molecule has 0 spiro atoms. The number of nitrogens with two attached hydrogens (primary N) is 1. The van der Waals surface area contributed by atoms with Gasteiger partial charge in [0.05, 0.1) is 4.88 Å². The lowest BCUT2D eigenvalue weighted by Crippen LogP contribution is -2.09. The van der Waals surface area contributed by atoms with E-state index >= 15 is 0 Å². The number of carbonyl (C=O) groups is 2. The molecule has 1 aromatic rings. The average Bonchev–Trinajstić information content (AvgIpc) is 2.52. The maximum atomic E-state index is 11.0. The molecular weight excluding hydrogens is 198 g/mol. The minimum atomic E-state index is -0.406. The molecule has 1 aromatic heterocycles. The molecule has 1 atom stereocenters. The van der Waals surface area contributed by atoms with Crippen LogP contribution in [-0.2, 0) is 11.2 Å². The molecule has 0 radical (unpaired) electrons. The molecule has 0 aromatic carbocycles. The van der Waals surface area contributed by atoms with Gasteiger partial charge in [-0.2, -0.15) is 0 Å². The van der Waals surface area contributed by atoms with Gasteiger partial charge in [-0.25, -0.2) is 0 Å². The number of hydrogen-bond acceptors (Lipinski definition) is 3. The summed E-state index contributed by atoms with van der Waals surface area (Å²) in [6.45, 7) is 3.46. The minimum Gasteiger partial charge on any atom is -0.365 e. The predicted octanol–water partition coefficient (Wildman–Crippen LogP) is 1.61. The SMILES string of the molecule is CC(=O)C(C)Cc1ccc(C(N)=O)s1. The zero-order valence-electron chi connectivity index (χ0n) is 8.24. The second-order valence-corrected chi connectivity index (χ2v) is 4.51. The second-order valence-electron chi connectivity index (χ2n) is 3.35. The summed E-state index contributed by atoms with van der Waals surface area (Å²) in [6.07, 6.45) is 0.688. The molecule has 1 heterocycles. The molecule has 0 fully saturated rings. The van der Waals surface area contributed by atoms with Crippen LogP contribution >= 0.6 is 11.3 Å². The average molecular weight is 211 g/mol. The number of carbonyl (C=O) groups excluding carboxylic acids is 2. The maximum absolute atomic E-state index is 11.0. The van der Waals surface area contributed by atoms with E-state index in [4.69, 9.17) is 5.73 Å². The first-order valence-corrected chi connectivity index (χ1v) is 5.21. The molecule has 0 saturated heterocycles. The Bertz CT molecular complexity index is 357. The van der Waals surface area contributed by atoms with Crippen molar-refractivity contribution in [3.63, 3.8) is 0 Å². The van der Waals surface area contributed by atoms with Crippen molar-refractivity contribution in [2.24, 2.45) is 11.7 Å². The van der Waals surface area contributed by atoms with Crippen LogP contribution in [0.4, 0.5) is 0 Å². The van der Waals surface area contributed by atoms with Gasteiger partial charge in [0, 0.05) is 10.8 Å². The van der Waals surface area contributed by atoms with Crippen molar-refractivity contribution in [1.29, 1.82) is 0 Å². The normalized spacial score (nSPS) is 12.4. The first kappa shape index (κ1) is 10.9. The highest BCUT2D eigenvalue weighted by atomic mass is 32.1. The summed E-state index contributed by atoms with van der Waals surface area (Å²) in [5, 5.41) is 0. The molecule has 0 bridgehead atoms. The van der Waals surface area contributed by atoms with Gasteiger partial charge in [0.1, 0.15) is 5.78 Å². The van der Waals surface area contributed by atoms with Crippen LogP contribution in [0.2, 0.25) is 0 Å². The summed E-state index contributed by atoms with van der Waals surface area (Å²) in [5.74, 6) is -0.231. The standard InChI is InChI=1S/C10H13NO2S/c1-6(7(2)12)5-8-3-4-9(14-8)10(11)13/h3-4,6H,5H2,1-2H3,(H2,11,13). The Morgan fingerprint density at radius 1 is 1.50 bits per heavy atom. The zero-order chi connectivity index (χ0) is 10.7. The molecule has 0 aliphatic heterocycles. The van der Waals surface area contributed by atoms with Crippen LogP contribution in [0, 0.1) is 5.92 Å². The van der Waals surface area contributed by atoms with Gasteiger partial charge in [-0.05, 0) is 25.5 Å². The van der Waals surface area contributed by atoms with Crippen LogP contribution in [0.25, 0.3) is 0 Å². The maximum Gasteiger partial charge on any atom is 0.258 e. The molecule has 3 nitrogen and oxygen atoms in total. The van der Waals surface area contributed by atoms with Gasteiger partial charge in [0.2, 0.25) is 0 Å². The number of thiophene rings is 1. The quantitative estimate of drug-likeness (QED) is 0.822. The van der Waals surface area contributed by atoms with Gasteiger partial charge in [-0.15, -0.1) is 11.3 Å². The summed E-state index contributed by atoms with van der Waals surface area (Å²) in [5.41, 5.74) is 5.12. The summed E-state index contributed by atoms with van der Waals surface area (Å²) in [6, 6.07) is 3.55. The monoisotopic (exact) mass is 211 g/mol. The molecule has 1 amide bonds. The van der Waals surface area contributed by atoms with E-state index in [-0.39, 0.29) is 11.7 Å². The van der Waals surface area contributed by atoms with E-state index in [1.54, 1.807) is 13.0 Å². The van der Waals surface area contributed by atoms with Crippen molar-refractivity contribution in [2.75, 3.05) is 0 Å². The second kappa shape index (κ2) is 4.37. The predicted molar refractivity (Wildman–Crippen MR) is 56.4 cm³/mol. The topological polar surface area (TPSA) is 60.2 Å². The molecular formula is C10H13NO2S. The highest BCUT2D eigenvalue weighted by molar-refractivity contribution is 7.14. The van der Waals surface area contributed by atoms with Gasteiger partial charge >= 0.3 is 0 Å². The Balaban J connectivity index is 2.69. The fraction of sp³-hybridized carbons (Fsp3) is 0.400.